The maximum Gasteiger partial charge on any atom is 0.323 e. The van der Waals surface area contributed by atoms with Crippen LogP contribution in [0.3, 0.4) is 0 Å². The molecule has 1 fully saturated rings. The molecule has 1 atom stereocenters. The van der Waals surface area contributed by atoms with Crippen LogP contribution in [-0.2, 0) is 9.53 Å². The Labute approximate surface area is 112 Å². The van der Waals surface area contributed by atoms with Gasteiger partial charge in [-0.15, -0.1) is 0 Å². The third kappa shape index (κ3) is 5.38. The van der Waals surface area contributed by atoms with Crippen molar-refractivity contribution in [1.29, 1.82) is 0 Å². The number of carbonyl (C=O) groups excluding carboxylic acids is 1. The second-order valence-electron chi connectivity index (χ2n) is 5.21. The summed E-state index contributed by atoms with van der Waals surface area (Å²) in [5.41, 5.74) is 0. The highest BCUT2D eigenvalue weighted by atomic mass is 16.5. The highest BCUT2D eigenvalue weighted by Gasteiger charge is 2.27. The Morgan fingerprint density at radius 2 is 1.83 bits per heavy atom. The molecule has 3 nitrogen and oxygen atoms in total. The molecule has 0 spiro atoms. The van der Waals surface area contributed by atoms with Gasteiger partial charge in [-0.3, -0.25) is 9.69 Å². The Morgan fingerprint density at radius 1 is 1.11 bits per heavy atom. The molecule has 1 rings (SSSR count). The summed E-state index contributed by atoms with van der Waals surface area (Å²) in [7, 11) is 0. The Morgan fingerprint density at radius 3 is 2.44 bits per heavy atom. The zero-order chi connectivity index (χ0) is 13.2. The molecule has 1 aliphatic rings. The van der Waals surface area contributed by atoms with Gasteiger partial charge in [0.05, 0.1) is 6.61 Å². The van der Waals surface area contributed by atoms with E-state index in [1.807, 2.05) is 6.92 Å². The molecule has 0 radical (unpaired) electrons. The highest BCUT2D eigenvalue weighted by molar-refractivity contribution is 5.75. The average Bonchev–Trinajstić information content (AvgIpc) is 2.40. The van der Waals surface area contributed by atoms with Crippen LogP contribution >= 0.6 is 0 Å². The lowest BCUT2D eigenvalue weighted by Crippen LogP contribution is -2.44. The van der Waals surface area contributed by atoms with Gasteiger partial charge in [0.1, 0.15) is 6.04 Å². The molecule has 0 unspecified atom stereocenters. The van der Waals surface area contributed by atoms with Crippen molar-refractivity contribution >= 4 is 5.97 Å². The third-order valence-electron chi connectivity index (χ3n) is 3.72. The van der Waals surface area contributed by atoms with Gasteiger partial charge < -0.3 is 4.74 Å². The number of carbonyl (C=O) groups is 1. The fraction of sp³-hybridized carbons (Fsp3) is 0.933. The van der Waals surface area contributed by atoms with Crippen molar-refractivity contribution in [3.8, 4) is 0 Å². The van der Waals surface area contributed by atoms with Crippen molar-refractivity contribution in [1.82, 2.24) is 4.90 Å². The molecule has 3 heteroatoms. The van der Waals surface area contributed by atoms with Crippen molar-refractivity contribution in [2.75, 3.05) is 19.7 Å². The van der Waals surface area contributed by atoms with E-state index in [0.29, 0.717) is 6.61 Å². The molecule has 18 heavy (non-hydrogen) atoms. The predicted molar refractivity (Wildman–Crippen MR) is 74.6 cm³/mol. The number of piperidine rings is 1. The number of hydrogen-bond donors (Lipinski definition) is 0. The van der Waals surface area contributed by atoms with Crippen LogP contribution in [0, 0.1) is 0 Å². The first-order valence-corrected chi connectivity index (χ1v) is 7.70. The minimum Gasteiger partial charge on any atom is -0.465 e. The summed E-state index contributed by atoms with van der Waals surface area (Å²) in [6, 6.07) is 0.0158. The highest BCUT2D eigenvalue weighted by Crippen LogP contribution is 2.18. The lowest BCUT2D eigenvalue weighted by atomic mass is 10.0. The Hall–Kier alpha value is -0.570. The number of hydrogen-bond acceptors (Lipinski definition) is 3. The minimum absolute atomic E-state index is 0.00380. The molecule has 106 valence electrons. The Bertz CT molecular complexity index is 225. The van der Waals surface area contributed by atoms with E-state index in [2.05, 4.69) is 11.8 Å². The fourth-order valence-corrected chi connectivity index (χ4v) is 2.68. The second-order valence-corrected chi connectivity index (χ2v) is 5.21. The molecule has 0 amide bonds. The first kappa shape index (κ1) is 15.5. The van der Waals surface area contributed by atoms with Crippen LogP contribution in [0.5, 0.6) is 0 Å². The normalized spacial score (nSPS) is 18.6. The van der Waals surface area contributed by atoms with Crippen molar-refractivity contribution in [2.45, 2.75) is 71.3 Å². The van der Waals surface area contributed by atoms with Gasteiger partial charge >= 0.3 is 5.97 Å². The minimum atomic E-state index is -0.00380. The van der Waals surface area contributed by atoms with Gasteiger partial charge in [-0.05, 0) is 39.3 Å². The summed E-state index contributed by atoms with van der Waals surface area (Å²) in [6.07, 6.45) is 9.63. The van der Waals surface area contributed by atoms with E-state index in [1.165, 1.54) is 38.5 Å². The number of nitrogens with zero attached hydrogens (tertiary/aromatic N) is 1. The molecule has 0 aliphatic carbocycles. The summed E-state index contributed by atoms with van der Waals surface area (Å²) < 4.78 is 5.23. The predicted octanol–water partition coefficient (Wildman–Crippen LogP) is 3.37. The number of unbranched alkanes of at least 4 members (excludes halogenated alkanes) is 3. The van der Waals surface area contributed by atoms with Gasteiger partial charge in [-0.2, -0.15) is 0 Å². The zero-order valence-corrected chi connectivity index (χ0v) is 12.1. The van der Waals surface area contributed by atoms with E-state index in [0.717, 1.165) is 25.9 Å². The Kier molecular flexibility index (Phi) is 8.06. The topological polar surface area (TPSA) is 29.5 Å². The lowest BCUT2D eigenvalue weighted by molar-refractivity contribution is -0.150. The molecular weight excluding hydrogens is 226 g/mol. The lowest BCUT2D eigenvalue weighted by Gasteiger charge is -2.33. The quantitative estimate of drug-likeness (QED) is 0.492. The summed E-state index contributed by atoms with van der Waals surface area (Å²) in [5.74, 6) is -0.00380. The SMILES string of the molecule is CCCCCC[C@@H](C(=O)OCC)N1CCCCC1. The summed E-state index contributed by atoms with van der Waals surface area (Å²) in [6.45, 7) is 6.74. The number of likely N-dealkylation sites (tertiary alicyclic amines) is 1. The molecule has 0 aromatic carbocycles. The van der Waals surface area contributed by atoms with Gasteiger partial charge in [0, 0.05) is 0 Å². The molecule has 0 bridgehead atoms. The van der Waals surface area contributed by atoms with E-state index in [-0.39, 0.29) is 12.0 Å². The van der Waals surface area contributed by atoms with Crippen molar-refractivity contribution < 1.29 is 9.53 Å². The van der Waals surface area contributed by atoms with Crippen LogP contribution in [0.1, 0.15) is 65.2 Å². The average molecular weight is 255 g/mol. The second kappa shape index (κ2) is 9.37. The number of ether oxygens (including phenoxy) is 1. The molecule has 1 saturated heterocycles. The monoisotopic (exact) mass is 255 g/mol. The first-order valence-electron chi connectivity index (χ1n) is 7.70. The van der Waals surface area contributed by atoms with Crippen molar-refractivity contribution in [3.05, 3.63) is 0 Å². The van der Waals surface area contributed by atoms with Gasteiger partial charge in [-0.1, -0.05) is 39.0 Å². The van der Waals surface area contributed by atoms with Gasteiger partial charge in [0.2, 0.25) is 0 Å². The molecule has 0 N–H and O–H groups in total. The van der Waals surface area contributed by atoms with Gasteiger partial charge in [0.25, 0.3) is 0 Å². The van der Waals surface area contributed by atoms with Crippen LogP contribution in [-0.4, -0.2) is 36.6 Å². The molecular formula is C15H29NO2. The van der Waals surface area contributed by atoms with Gasteiger partial charge in [-0.25, -0.2) is 0 Å². The molecule has 1 heterocycles. The van der Waals surface area contributed by atoms with Crippen molar-refractivity contribution in [3.63, 3.8) is 0 Å². The molecule has 1 aliphatic heterocycles. The van der Waals surface area contributed by atoms with Crippen LogP contribution in [0.25, 0.3) is 0 Å². The van der Waals surface area contributed by atoms with E-state index >= 15 is 0 Å². The summed E-state index contributed by atoms with van der Waals surface area (Å²) >= 11 is 0. The van der Waals surface area contributed by atoms with E-state index in [1.54, 1.807) is 0 Å². The van der Waals surface area contributed by atoms with Crippen LogP contribution in [0.2, 0.25) is 0 Å². The summed E-state index contributed by atoms with van der Waals surface area (Å²) in [5, 5.41) is 0. The van der Waals surface area contributed by atoms with E-state index < -0.39 is 0 Å². The summed E-state index contributed by atoms with van der Waals surface area (Å²) in [4.78, 5) is 14.4. The van der Waals surface area contributed by atoms with Crippen LogP contribution in [0.15, 0.2) is 0 Å². The van der Waals surface area contributed by atoms with Gasteiger partial charge in [0.15, 0.2) is 0 Å². The Balaban J connectivity index is 2.42. The largest absolute Gasteiger partial charge is 0.465 e. The molecule has 0 saturated carbocycles. The molecule has 0 aromatic rings. The van der Waals surface area contributed by atoms with Crippen molar-refractivity contribution in [2.24, 2.45) is 0 Å². The maximum atomic E-state index is 12.0. The fourth-order valence-electron chi connectivity index (χ4n) is 2.68. The maximum absolute atomic E-state index is 12.0. The first-order chi connectivity index (χ1) is 8.79. The zero-order valence-electron chi connectivity index (χ0n) is 12.1. The number of esters is 1. The third-order valence-corrected chi connectivity index (χ3v) is 3.72. The van der Waals surface area contributed by atoms with E-state index in [9.17, 15) is 4.79 Å². The van der Waals surface area contributed by atoms with Crippen LogP contribution in [0.4, 0.5) is 0 Å². The smallest absolute Gasteiger partial charge is 0.323 e. The van der Waals surface area contributed by atoms with Crippen LogP contribution < -0.4 is 0 Å². The number of rotatable bonds is 8. The van der Waals surface area contributed by atoms with E-state index in [4.69, 9.17) is 4.74 Å². The standard InChI is InChI=1S/C15H29NO2/c1-3-5-6-8-11-14(15(17)18-4-2)16-12-9-7-10-13-16/h14H,3-13H2,1-2H3/t14-/m0/s1. The molecule has 0 aromatic heterocycles.